The number of rotatable bonds is 5. The van der Waals surface area contributed by atoms with Crippen molar-refractivity contribution in [3.63, 3.8) is 0 Å². The van der Waals surface area contributed by atoms with E-state index in [0.717, 1.165) is 36.4 Å². The molecule has 2 fully saturated rings. The summed E-state index contributed by atoms with van der Waals surface area (Å²) >= 11 is 9.81. The van der Waals surface area contributed by atoms with Crippen LogP contribution in [0, 0.1) is 17.2 Å². The second-order valence-corrected chi connectivity index (χ2v) is 9.12. The molecule has 1 aromatic carbocycles. The summed E-state index contributed by atoms with van der Waals surface area (Å²) in [5.74, 6) is 1.79. The molecule has 0 spiro atoms. The van der Waals surface area contributed by atoms with E-state index in [9.17, 15) is 0 Å². The lowest BCUT2D eigenvalue weighted by Gasteiger charge is -2.35. The van der Waals surface area contributed by atoms with Gasteiger partial charge in [0.15, 0.2) is 5.96 Å². The standard InChI is InChI=1S/C20H30BrClN4/c21-19-2-1-18(22)14-17(19)13-16-4-9-25(10-5-16)8-3-15-6-11-26(12-7-15)20(23)24/h1-2,14-16H,3-13H2,(H3,23,24). The lowest BCUT2D eigenvalue weighted by atomic mass is 9.89. The van der Waals surface area contributed by atoms with Gasteiger partial charge in [0.2, 0.25) is 0 Å². The summed E-state index contributed by atoms with van der Waals surface area (Å²) in [7, 11) is 0. The van der Waals surface area contributed by atoms with Crippen LogP contribution in [0.3, 0.4) is 0 Å². The topological polar surface area (TPSA) is 56.4 Å². The number of hydrogen-bond donors (Lipinski definition) is 2. The first kappa shape index (κ1) is 20.0. The number of piperidine rings is 2. The molecule has 0 unspecified atom stereocenters. The fourth-order valence-electron chi connectivity index (χ4n) is 4.25. The maximum Gasteiger partial charge on any atom is 0.188 e. The minimum Gasteiger partial charge on any atom is -0.370 e. The van der Waals surface area contributed by atoms with Crippen molar-refractivity contribution in [3.8, 4) is 0 Å². The zero-order valence-electron chi connectivity index (χ0n) is 15.4. The molecule has 2 aliphatic rings. The Balaban J connectivity index is 1.36. The van der Waals surface area contributed by atoms with E-state index in [4.69, 9.17) is 22.7 Å². The van der Waals surface area contributed by atoms with Crippen LogP contribution in [-0.4, -0.2) is 48.5 Å². The van der Waals surface area contributed by atoms with E-state index in [1.165, 1.54) is 61.8 Å². The molecule has 4 nitrogen and oxygen atoms in total. The molecular formula is C20H30BrClN4. The molecule has 144 valence electrons. The van der Waals surface area contributed by atoms with Gasteiger partial charge in [0.25, 0.3) is 0 Å². The van der Waals surface area contributed by atoms with Gasteiger partial charge in [0, 0.05) is 22.6 Å². The van der Waals surface area contributed by atoms with Crippen molar-refractivity contribution in [3.05, 3.63) is 33.3 Å². The van der Waals surface area contributed by atoms with Gasteiger partial charge in [-0.3, -0.25) is 5.41 Å². The number of guanidine groups is 1. The van der Waals surface area contributed by atoms with Gasteiger partial charge >= 0.3 is 0 Å². The van der Waals surface area contributed by atoms with Gasteiger partial charge < -0.3 is 15.5 Å². The van der Waals surface area contributed by atoms with E-state index in [1.807, 2.05) is 11.0 Å². The molecule has 26 heavy (non-hydrogen) atoms. The lowest BCUT2D eigenvalue weighted by molar-refractivity contribution is 0.160. The van der Waals surface area contributed by atoms with Gasteiger partial charge in [-0.15, -0.1) is 0 Å². The zero-order valence-corrected chi connectivity index (χ0v) is 17.7. The molecule has 3 N–H and O–H groups in total. The summed E-state index contributed by atoms with van der Waals surface area (Å²) in [5, 5.41) is 8.36. The summed E-state index contributed by atoms with van der Waals surface area (Å²) in [5.41, 5.74) is 6.92. The number of nitrogens with one attached hydrogen (secondary N) is 1. The first-order valence-corrected chi connectivity index (χ1v) is 10.9. The third kappa shape index (κ3) is 5.61. The van der Waals surface area contributed by atoms with Crippen LogP contribution in [-0.2, 0) is 6.42 Å². The van der Waals surface area contributed by atoms with Gasteiger partial charge in [-0.25, -0.2) is 0 Å². The molecule has 0 aromatic heterocycles. The third-order valence-corrected chi connectivity index (χ3v) is 7.04. The SMILES string of the molecule is N=C(N)N1CCC(CCN2CCC(Cc3cc(Cl)ccc3Br)CC2)CC1. The minimum atomic E-state index is 0.233. The molecule has 2 saturated heterocycles. The average Bonchev–Trinajstić information content (AvgIpc) is 2.64. The molecule has 0 saturated carbocycles. The van der Waals surface area contributed by atoms with Crippen molar-refractivity contribution in [2.24, 2.45) is 17.6 Å². The van der Waals surface area contributed by atoms with Crippen LogP contribution in [0.5, 0.6) is 0 Å². The number of halogens is 2. The molecule has 2 heterocycles. The van der Waals surface area contributed by atoms with Gasteiger partial charge in [0.1, 0.15) is 0 Å². The summed E-state index contributed by atoms with van der Waals surface area (Å²) in [4.78, 5) is 4.64. The normalized spacial score (nSPS) is 20.5. The number of nitrogens with zero attached hydrogens (tertiary/aromatic N) is 2. The smallest absolute Gasteiger partial charge is 0.188 e. The first-order chi connectivity index (χ1) is 12.5. The van der Waals surface area contributed by atoms with Gasteiger partial charge in [-0.2, -0.15) is 0 Å². The van der Waals surface area contributed by atoms with Crippen molar-refractivity contribution >= 4 is 33.5 Å². The number of likely N-dealkylation sites (tertiary alicyclic amines) is 2. The van der Waals surface area contributed by atoms with E-state index < -0.39 is 0 Å². The van der Waals surface area contributed by atoms with Crippen molar-refractivity contribution in [2.45, 2.75) is 38.5 Å². The van der Waals surface area contributed by atoms with Crippen LogP contribution in [0.1, 0.15) is 37.7 Å². The monoisotopic (exact) mass is 440 g/mol. The number of benzene rings is 1. The summed E-state index contributed by atoms with van der Waals surface area (Å²) in [6.45, 7) is 5.57. The largest absolute Gasteiger partial charge is 0.370 e. The van der Waals surface area contributed by atoms with Gasteiger partial charge in [-0.05, 0) is 93.8 Å². The van der Waals surface area contributed by atoms with E-state index in [1.54, 1.807) is 0 Å². The lowest BCUT2D eigenvalue weighted by Crippen LogP contribution is -2.43. The Morgan fingerprint density at radius 1 is 1.12 bits per heavy atom. The Hall–Kier alpha value is -0.780. The van der Waals surface area contributed by atoms with Crippen molar-refractivity contribution in [2.75, 3.05) is 32.7 Å². The Kier molecular flexibility index (Phi) is 7.24. The first-order valence-electron chi connectivity index (χ1n) is 9.76. The van der Waals surface area contributed by atoms with Crippen LogP contribution < -0.4 is 5.73 Å². The predicted octanol–water partition coefficient (Wildman–Crippen LogP) is 4.35. The second kappa shape index (κ2) is 9.43. The predicted molar refractivity (Wildman–Crippen MR) is 113 cm³/mol. The number of nitrogens with two attached hydrogens (primary N) is 1. The average molecular weight is 442 g/mol. The molecule has 3 rings (SSSR count). The summed E-state index contributed by atoms with van der Waals surface area (Å²) < 4.78 is 1.18. The van der Waals surface area contributed by atoms with Crippen LogP contribution in [0.2, 0.25) is 5.02 Å². The molecule has 0 aliphatic carbocycles. The summed E-state index contributed by atoms with van der Waals surface area (Å²) in [6.07, 6.45) is 7.33. The van der Waals surface area contributed by atoms with Crippen LogP contribution >= 0.6 is 27.5 Å². The Bertz CT molecular complexity index is 608. The minimum absolute atomic E-state index is 0.233. The fourth-order valence-corrected chi connectivity index (χ4v) is 4.86. The molecule has 0 radical (unpaired) electrons. The van der Waals surface area contributed by atoms with E-state index >= 15 is 0 Å². The highest BCUT2D eigenvalue weighted by atomic mass is 79.9. The molecule has 0 atom stereocenters. The van der Waals surface area contributed by atoms with E-state index in [-0.39, 0.29) is 5.96 Å². The highest BCUT2D eigenvalue weighted by Crippen LogP contribution is 2.28. The molecule has 0 amide bonds. The van der Waals surface area contributed by atoms with Crippen molar-refractivity contribution in [1.82, 2.24) is 9.80 Å². The Morgan fingerprint density at radius 3 is 2.42 bits per heavy atom. The Labute approximate surface area is 170 Å². The van der Waals surface area contributed by atoms with Crippen LogP contribution in [0.4, 0.5) is 0 Å². The fraction of sp³-hybridized carbons (Fsp3) is 0.650. The Morgan fingerprint density at radius 2 is 1.77 bits per heavy atom. The third-order valence-electron chi connectivity index (χ3n) is 6.03. The molecule has 2 aliphatic heterocycles. The highest BCUT2D eigenvalue weighted by Gasteiger charge is 2.23. The van der Waals surface area contributed by atoms with Crippen LogP contribution in [0.25, 0.3) is 0 Å². The molecular weight excluding hydrogens is 412 g/mol. The zero-order chi connectivity index (χ0) is 18.5. The maximum atomic E-state index is 7.53. The maximum absolute atomic E-state index is 7.53. The van der Waals surface area contributed by atoms with Gasteiger partial charge in [-0.1, -0.05) is 27.5 Å². The molecule has 1 aromatic rings. The highest BCUT2D eigenvalue weighted by molar-refractivity contribution is 9.10. The quantitative estimate of drug-likeness (QED) is 0.527. The van der Waals surface area contributed by atoms with E-state index in [2.05, 4.69) is 33.0 Å². The second-order valence-electron chi connectivity index (χ2n) is 7.83. The van der Waals surface area contributed by atoms with Crippen LogP contribution in [0.15, 0.2) is 22.7 Å². The summed E-state index contributed by atoms with van der Waals surface area (Å²) in [6, 6.07) is 6.11. The van der Waals surface area contributed by atoms with Crippen molar-refractivity contribution in [1.29, 1.82) is 5.41 Å². The van der Waals surface area contributed by atoms with Crippen molar-refractivity contribution < 1.29 is 0 Å². The van der Waals surface area contributed by atoms with Gasteiger partial charge in [0.05, 0.1) is 0 Å². The molecule has 0 bridgehead atoms. The number of hydrogen-bond acceptors (Lipinski definition) is 2. The van der Waals surface area contributed by atoms with E-state index in [0.29, 0.717) is 0 Å². The molecule has 6 heteroatoms.